The van der Waals surface area contributed by atoms with Crippen LogP contribution in [-0.2, 0) is 0 Å². The molecule has 90 valence electrons. The van der Waals surface area contributed by atoms with Crippen molar-refractivity contribution in [3.63, 3.8) is 0 Å². The highest BCUT2D eigenvalue weighted by molar-refractivity contribution is 6.35. The van der Waals surface area contributed by atoms with Crippen LogP contribution < -0.4 is 0 Å². The molecule has 2 heterocycles. The molecule has 0 saturated carbocycles. The summed E-state index contributed by atoms with van der Waals surface area (Å²) in [6.45, 7) is 0. The molecule has 2 nitrogen and oxygen atoms in total. The van der Waals surface area contributed by atoms with E-state index >= 15 is 0 Å². The Morgan fingerprint density at radius 3 is 2.58 bits per heavy atom. The van der Waals surface area contributed by atoms with Gasteiger partial charge >= 0.3 is 0 Å². The van der Waals surface area contributed by atoms with Gasteiger partial charge in [-0.25, -0.2) is 9.97 Å². The maximum atomic E-state index is 6.10. The van der Waals surface area contributed by atoms with Crippen molar-refractivity contribution in [3.05, 3.63) is 71.1 Å². The van der Waals surface area contributed by atoms with Crippen molar-refractivity contribution >= 4 is 22.5 Å². The fourth-order valence-corrected chi connectivity index (χ4v) is 1.98. The molecule has 0 saturated heterocycles. The van der Waals surface area contributed by atoms with Crippen LogP contribution in [0.15, 0.2) is 54.7 Å². The van der Waals surface area contributed by atoms with Gasteiger partial charge in [0, 0.05) is 16.6 Å². The molecule has 0 aliphatic rings. The van der Waals surface area contributed by atoms with E-state index in [0.717, 1.165) is 16.6 Å². The highest BCUT2D eigenvalue weighted by Gasteiger charge is 1.99. The minimum absolute atomic E-state index is 0.703. The highest BCUT2D eigenvalue weighted by atomic mass is 35.5. The Kier molecular flexibility index (Phi) is 3.14. The lowest BCUT2D eigenvalue weighted by atomic mass is 10.2. The van der Waals surface area contributed by atoms with Gasteiger partial charge in [-0.2, -0.15) is 0 Å². The van der Waals surface area contributed by atoms with Crippen molar-refractivity contribution in [2.75, 3.05) is 0 Å². The molecule has 0 atom stereocenters. The number of rotatable bonds is 0. The summed E-state index contributed by atoms with van der Waals surface area (Å²) in [4.78, 5) is 8.61. The first kappa shape index (κ1) is 11.7. The largest absolute Gasteiger partial charge is 0.248 e. The first-order chi connectivity index (χ1) is 9.33. The smallest absolute Gasteiger partial charge is 0.114 e. The molecule has 1 aromatic carbocycles. The van der Waals surface area contributed by atoms with Crippen molar-refractivity contribution < 1.29 is 0 Å². The number of benzene rings is 1. The maximum absolute atomic E-state index is 6.10. The van der Waals surface area contributed by atoms with Gasteiger partial charge in [0.25, 0.3) is 0 Å². The molecule has 19 heavy (non-hydrogen) atoms. The van der Waals surface area contributed by atoms with E-state index in [-0.39, 0.29) is 0 Å². The maximum Gasteiger partial charge on any atom is 0.114 e. The summed E-state index contributed by atoms with van der Waals surface area (Å²) in [5.41, 5.74) is 2.29. The van der Waals surface area contributed by atoms with Crippen LogP contribution in [0.1, 0.15) is 11.4 Å². The number of hydrogen-bond acceptors (Lipinski definition) is 2. The molecule has 3 rings (SSSR count). The fourth-order valence-electron chi connectivity index (χ4n) is 1.75. The summed E-state index contributed by atoms with van der Waals surface area (Å²) in [6, 6.07) is 15.1. The Bertz CT molecular complexity index is 786. The first-order valence-corrected chi connectivity index (χ1v) is 6.19. The Labute approximate surface area is 116 Å². The summed E-state index contributed by atoms with van der Waals surface area (Å²) in [5, 5.41) is 1.64. The van der Waals surface area contributed by atoms with Crippen LogP contribution in [0.25, 0.3) is 10.9 Å². The van der Waals surface area contributed by atoms with Crippen LogP contribution in [0.5, 0.6) is 0 Å². The van der Waals surface area contributed by atoms with Crippen molar-refractivity contribution in [3.8, 4) is 11.8 Å². The van der Waals surface area contributed by atoms with Crippen LogP contribution in [0, 0.1) is 11.8 Å². The number of nitrogens with zero attached hydrogens (tertiary/aromatic N) is 2. The molecule has 0 N–H and O–H groups in total. The van der Waals surface area contributed by atoms with E-state index in [9.17, 15) is 0 Å². The summed E-state index contributed by atoms with van der Waals surface area (Å²) in [5.74, 6) is 5.99. The van der Waals surface area contributed by atoms with Crippen molar-refractivity contribution in [2.45, 2.75) is 0 Å². The molecule has 3 heteroatoms. The monoisotopic (exact) mass is 264 g/mol. The molecule has 0 radical (unpaired) electrons. The van der Waals surface area contributed by atoms with Crippen LogP contribution >= 0.6 is 11.6 Å². The van der Waals surface area contributed by atoms with Crippen molar-refractivity contribution in [1.29, 1.82) is 0 Å². The third kappa shape index (κ3) is 2.57. The van der Waals surface area contributed by atoms with Crippen LogP contribution in [-0.4, -0.2) is 9.97 Å². The Morgan fingerprint density at radius 1 is 0.842 bits per heavy atom. The molecule has 0 unspecified atom stereocenters. The summed E-state index contributed by atoms with van der Waals surface area (Å²) in [6.07, 6.45) is 1.72. The Balaban J connectivity index is 2.01. The molecule has 0 fully saturated rings. The SMILES string of the molecule is Clc1cccc2nc(C#Cc3ccccn3)ccc12. The van der Waals surface area contributed by atoms with Gasteiger partial charge in [-0.1, -0.05) is 23.7 Å². The molecule has 0 spiro atoms. The highest BCUT2D eigenvalue weighted by Crippen LogP contribution is 2.21. The lowest BCUT2D eigenvalue weighted by Crippen LogP contribution is -1.85. The summed E-state index contributed by atoms with van der Waals surface area (Å²) in [7, 11) is 0. The second-order valence-electron chi connectivity index (χ2n) is 3.97. The van der Waals surface area contributed by atoms with E-state index in [1.54, 1.807) is 6.20 Å². The second kappa shape index (κ2) is 5.09. The quantitative estimate of drug-likeness (QED) is 0.579. The minimum atomic E-state index is 0.703. The Morgan fingerprint density at radius 2 is 1.74 bits per heavy atom. The zero-order chi connectivity index (χ0) is 13.1. The molecular weight excluding hydrogens is 256 g/mol. The molecule has 0 bridgehead atoms. The lowest BCUT2D eigenvalue weighted by molar-refractivity contribution is 1.28. The topological polar surface area (TPSA) is 25.8 Å². The molecule has 2 aromatic heterocycles. The van der Waals surface area contributed by atoms with Gasteiger partial charge in [0.15, 0.2) is 0 Å². The number of hydrogen-bond donors (Lipinski definition) is 0. The second-order valence-corrected chi connectivity index (χ2v) is 4.38. The number of pyridine rings is 2. The van der Waals surface area contributed by atoms with Gasteiger partial charge in [0.2, 0.25) is 0 Å². The normalized spacial score (nSPS) is 9.95. The third-order valence-corrected chi connectivity index (χ3v) is 2.99. The average molecular weight is 265 g/mol. The van der Waals surface area contributed by atoms with E-state index in [0.29, 0.717) is 10.7 Å². The van der Waals surface area contributed by atoms with E-state index in [4.69, 9.17) is 11.6 Å². The van der Waals surface area contributed by atoms with Gasteiger partial charge in [-0.15, -0.1) is 0 Å². The van der Waals surface area contributed by atoms with Gasteiger partial charge in [0.05, 0.1) is 5.52 Å². The van der Waals surface area contributed by atoms with E-state index < -0.39 is 0 Å². The lowest BCUT2D eigenvalue weighted by Gasteiger charge is -1.99. The average Bonchev–Trinajstić information content (AvgIpc) is 2.46. The van der Waals surface area contributed by atoms with Gasteiger partial charge < -0.3 is 0 Å². The van der Waals surface area contributed by atoms with Crippen LogP contribution in [0.4, 0.5) is 0 Å². The van der Waals surface area contributed by atoms with Crippen molar-refractivity contribution in [2.24, 2.45) is 0 Å². The van der Waals surface area contributed by atoms with Gasteiger partial charge in [-0.3, -0.25) is 0 Å². The van der Waals surface area contributed by atoms with Crippen LogP contribution in [0.2, 0.25) is 5.02 Å². The predicted molar refractivity (Wildman–Crippen MR) is 77.0 cm³/mol. The molecule has 0 aliphatic heterocycles. The third-order valence-electron chi connectivity index (χ3n) is 2.66. The number of halogens is 1. The van der Waals surface area contributed by atoms with E-state index in [1.165, 1.54) is 0 Å². The Hall–Kier alpha value is -2.37. The number of aromatic nitrogens is 2. The van der Waals surface area contributed by atoms with Crippen molar-refractivity contribution in [1.82, 2.24) is 9.97 Å². The summed E-state index contributed by atoms with van der Waals surface area (Å²) >= 11 is 6.10. The molecule has 0 aliphatic carbocycles. The summed E-state index contributed by atoms with van der Waals surface area (Å²) < 4.78 is 0. The van der Waals surface area contributed by atoms with E-state index in [2.05, 4.69) is 21.8 Å². The fraction of sp³-hybridized carbons (Fsp3) is 0. The first-order valence-electron chi connectivity index (χ1n) is 5.81. The molecular formula is C16H9ClN2. The predicted octanol–water partition coefficient (Wildman–Crippen LogP) is 3.68. The van der Waals surface area contributed by atoms with E-state index in [1.807, 2.05) is 48.5 Å². The van der Waals surface area contributed by atoms with Gasteiger partial charge in [0.1, 0.15) is 11.4 Å². The molecule has 3 aromatic rings. The van der Waals surface area contributed by atoms with Crippen LogP contribution in [0.3, 0.4) is 0 Å². The standard InChI is InChI=1S/C16H9ClN2/c17-15-5-3-6-16-14(15)10-9-13(19-16)8-7-12-4-1-2-11-18-12/h1-6,9-11H. The zero-order valence-electron chi connectivity index (χ0n) is 9.97. The zero-order valence-corrected chi connectivity index (χ0v) is 10.7. The number of fused-ring (bicyclic) bond motifs is 1. The molecule has 0 amide bonds. The minimum Gasteiger partial charge on any atom is -0.248 e. The van der Waals surface area contributed by atoms with Gasteiger partial charge in [-0.05, 0) is 48.2 Å².